The zero-order chi connectivity index (χ0) is 22.9. The molecule has 1 aromatic heterocycles. The van der Waals surface area contributed by atoms with E-state index in [0.29, 0.717) is 29.7 Å². The topological polar surface area (TPSA) is 79.0 Å². The van der Waals surface area contributed by atoms with Crippen LogP contribution in [0.5, 0.6) is 0 Å². The number of nitrogens with one attached hydrogen (secondary N) is 2. The first kappa shape index (κ1) is 20.9. The predicted molar refractivity (Wildman–Crippen MR) is 128 cm³/mol. The van der Waals surface area contributed by atoms with Crippen LogP contribution < -0.4 is 5.32 Å². The summed E-state index contributed by atoms with van der Waals surface area (Å²) in [5.41, 5.74) is 4.15. The quantitative estimate of drug-likeness (QED) is 0.392. The molecule has 162 valence electrons. The molecule has 0 fully saturated rings. The number of H-pyrrole nitrogens is 1. The highest BCUT2D eigenvalue weighted by molar-refractivity contribution is 6.49. The van der Waals surface area contributed by atoms with E-state index in [-0.39, 0.29) is 28.1 Å². The second kappa shape index (κ2) is 8.52. The predicted octanol–water partition coefficient (Wildman–Crippen LogP) is 5.21. The number of aromatic amines is 1. The fourth-order valence-electron chi connectivity index (χ4n) is 4.07. The summed E-state index contributed by atoms with van der Waals surface area (Å²) in [4.78, 5) is 41.3. The summed E-state index contributed by atoms with van der Waals surface area (Å²) < 4.78 is 0. The van der Waals surface area contributed by atoms with Gasteiger partial charge >= 0.3 is 0 Å². The molecule has 0 spiro atoms. The average molecular weight is 455 g/mol. The maximum Gasteiger partial charge on any atom is 0.211 e. The van der Waals surface area contributed by atoms with E-state index >= 15 is 0 Å². The highest BCUT2D eigenvalue weighted by Crippen LogP contribution is 2.27. The molecule has 0 saturated heterocycles. The van der Waals surface area contributed by atoms with Crippen LogP contribution in [0, 0.1) is 0 Å². The summed E-state index contributed by atoms with van der Waals surface area (Å²) in [5, 5.41) is 3.97. The molecule has 0 atom stereocenters. The largest absolute Gasteiger partial charge is 0.376 e. The lowest BCUT2D eigenvalue weighted by molar-refractivity contribution is 0.0974. The summed E-state index contributed by atoms with van der Waals surface area (Å²) in [5.74, 6) is -0.653. The molecule has 0 aliphatic heterocycles. The number of hydrogen-bond donors (Lipinski definition) is 2. The number of Topliss-reactive ketones (excluding diaryl/α,β-unsaturated/α-hetero) is 3. The number of benzene rings is 3. The Bertz CT molecular complexity index is 1450. The Morgan fingerprint density at radius 3 is 2.33 bits per heavy atom. The molecule has 0 radical (unpaired) electrons. The Morgan fingerprint density at radius 1 is 0.848 bits per heavy atom. The van der Waals surface area contributed by atoms with Crippen LogP contribution in [0.1, 0.15) is 42.2 Å². The summed E-state index contributed by atoms with van der Waals surface area (Å²) >= 11 is 6.20. The molecule has 0 amide bonds. The highest BCUT2D eigenvalue weighted by atomic mass is 35.5. The second-order valence-electron chi connectivity index (χ2n) is 7.90. The second-order valence-corrected chi connectivity index (χ2v) is 8.28. The van der Waals surface area contributed by atoms with Crippen molar-refractivity contribution in [2.24, 2.45) is 0 Å². The molecule has 2 N–H and O–H groups in total. The van der Waals surface area contributed by atoms with Gasteiger partial charge in [0.25, 0.3) is 0 Å². The molecular weight excluding hydrogens is 436 g/mol. The number of para-hydroxylation sites is 1. The van der Waals surface area contributed by atoms with E-state index < -0.39 is 0 Å². The van der Waals surface area contributed by atoms with Crippen LogP contribution in [0.25, 0.3) is 10.9 Å². The van der Waals surface area contributed by atoms with Crippen LogP contribution in [0.2, 0.25) is 0 Å². The van der Waals surface area contributed by atoms with Gasteiger partial charge in [-0.25, -0.2) is 0 Å². The molecule has 0 unspecified atom stereocenters. The third-order valence-corrected chi connectivity index (χ3v) is 6.19. The monoisotopic (exact) mass is 454 g/mol. The first-order valence-electron chi connectivity index (χ1n) is 10.5. The number of fused-ring (bicyclic) bond motifs is 2. The maximum atomic E-state index is 12.8. The molecule has 1 aliphatic rings. The van der Waals surface area contributed by atoms with Crippen molar-refractivity contribution in [3.8, 4) is 0 Å². The summed E-state index contributed by atoms with van der Waals surface area (Å²) in [6.07, 6.45) is 2.17. The van der Waals surface area contributed by atoms with E-state index in [1.807, 2.05) is 42.6 Å². The van der Waals surface area contributed by atoms with Crippen molar-refractivity contribution in [1.29, 1.82) is 0 Å². The first-order valence-corrected chi connectivity index (χ1v) is 10.9. The Morgan fingerprint density at radius 2 is 1.58 bits per heavy atom. The smallest absolute Gasteiger partial charge is 0.211 e. The number of ketones is 3. The van der Waals surface area contributed by atoms with Gasteiger partial charge in [-0.15, -0.1) is 0 Å². The molecule has 5 rings (SSSR count). The Hall–Kier alpha value is -3.96. The van der Waals surface area contributed by atoms with Crippen LogP contribution in [-0.4, -0.2) is 22.3 Å². The van der Waals surface area contributed by atoms with Crippen LogP contribution >= 0.6 is 11.6 Å². The minimum Gasteiger partial charge on any atom is -0.376 e. The molecule has 1 heterocycles. The summed E-state index contributed by atoms with van der Waals surface area (Å²) in [6, 6.07) is 21.7. The molecule has 3 aromatic carbocycles. The zero-order valence-corrected chi connectivity index (χ0v) is 18.3. The van der Waals surface area contributed by atoms with Crippen LogP contribution in [0.3, 0.4) is 0 Å². The Kier molecular flexibility index (Phi) is 5.40. The van der Waals surface area contributed by atoms with Crippen LogP contribution in [-0.2, 0) is 13.0 Å². The lowest BCUT2D eigenvalue weighted by Gasteiger charge is -2.19. The lowest BCUT2D eigenvalue weighted by Crippen LogP contribution is -2.28. The number of aromatic nitrogens is 1. The SMILES string of the molecule is O=C(Cc1cccc2cc[nH]c12)c1ccc(CNC2=C(Cl)C(=O)c3ccccc3C2=O)cc1. The van der Waals surface area contributed by atoms with Gasteiger partial charge < -0.3 is 10.3 Å². The van der Waals surface area contributed by atoms with E-state index in [1.165, 1.54) is 0 Å². The summed E-state index contributed by atoms with van der Waals surface area (Å²) in [7, 11) is 0. The first-order chi connectivity index (χ1) is 16.0. The minimum absolute atomic E-state index is 0.0204. The van der Waals surface area contributed by atoms with Crippen molar-refractivity contribution >= 4 is 39.9 Å². The van der Waals surface area contributed by atoms with Gasteiger partial charge in [-0.2, -0.15) is 0 Å². The summed E-state index contributed by atoms with van der Waals surface area (Å²) in [6.45, 7) is 0.295. The number of hydrogen-bond acceptors (Lipinski definition) is 4. The van der Waals surface area contributed by atoms with Gasteiger partial charge in [0.1, 0.15) is 10.7 Å². The molecule has 33 heavy (non-hydrogen) atoms. The van der Waals surface area contributed by atoms with Crippen molar-refractivity contribution in [2.45, 2.75) is 13.0 Å². The van der Waals surface area contributed by atoms with Crippen molar-refractivity contribution in [1.82, 2.24) is 10.3 Å². The molecular formula is C27H19ClN2O3. The molecule has 0 bridgehead atoms. The van der Waals surface area contributed by atoms with Crippen LogP contribution in [0.15, 0.2) is 89.7 Å². The molecule has 6 heteroatoms. The number of carbonyl (C=O) groups is 3. The van der Waals surface area contributed by atoms with Gasteiger partial charge in [0, 0.05) is 41.4 Å². The molecule has 1 aliphatic carbocycles. The van der Waals surface area contributed by atoms with E-state index in [9.17, 15) is 14.4 Å². The minimum atomic E-state index is -0.368. The average Bonchev–Trinajstić information content (AvgIpc) is 3.33. The fourth-order valence-corrected chi connectivity index (χ4v) is 4.33. The Balaban J connectivity index is 1.28. The van der Waals surface area contributed by atoms with Crippen molar-refractivity contribution in [3.63, 3.8) is 0 Å². The maximum absolute atomic E-state index is 12.8. The fraction of sp³-hybridized carbons (Fsp3) is 0.0741. The number of carbonyl (C=O) groups excluding carboxylic acids is 3. The van der Waals surface area contributed by atoms with Gasteiger partial charge in [-0.05, 0) is 22.6 Å². The number of rotatable bonds is 6. The van der Waals surface area contributed by atoms with Crippen LogP contribution in [0.4, 0.5) is 0 Å². The zero-order valence-electron chi connectivity index (χ0n) is 17.5. The van der Waals surface area contributed by atoms with Gasteiger partial charge in [0.05, 0.1) is 0 Å². The third-order valence-electron chi connectivity index (χ3n) is 5.83. The van der Waals surface area contributed by atoms with E-state index in [1.54, 1.807) is 36.4 Å². The number of allylic oxidation sites excluding steroid dienone is 2. The van der Waals surface area contributed by atoms with Gasteiger partial charge in [0.2, 0.25) is 11.6 Å². The van der Waals surface area contributed by atoms with Gasteiger partial charge in [-0.3, -0.25) is 14.4 Å². The third kappa shape index (κ3) is 3.88. The highest BCUT2D eigenvalue weighted by Gasteiger charge is 2.30. The number of halogens is 1. The molecule has 0 saturated carbocycles. The van der Waals surface area contributed by atoms with E-state index in [0.717, 1.165) is 22.0 Å². The molecule has 5 nitrogen and oxygen atoms in total. The van der Waals surface area contributed by atoms with Crippen molar-refractivity contribution < 1.29 is 14.4 Å². The van der Waals surface area contributed by atoms with Crippen molar-refractivity contribution in [3.05, 3.63) is 118 Å². The van der Waals surface area contributed by atoms with Gasteiger partial charge in [0.15, 0.2) is 5.78 Å². The Labute approximate surface area is 195 Å². The molecule has 4 aromatic rings. The normalized spacial score (nSPS) is 13.4. The lowest BCUT2D eigenvalue weighted by atomic mass is 9.92. The standard InChI is InChI=1S/C27H19ClN2O3/c28-23-25(27(33)21-7-2-1-6-20(21)26(23)32)30-15-16-8-10-17(11-9-16)22(31)14-19-5-3-4-18-12-13-29-24(18)19/h1-13,29-30H,14-15H2. The van der Waals surface area contributed by atoms with Gasteiger partial charge in [-0.1, -0.05) is 78.3 Å². The van der Waals surface area contributed by atoms with E-state index in [2.05, 4.69) is 10.3 Å². The van der Waals surface area contributed by atoms with Crippen molar-refractivity contribution in [2.75, 3.05) is 0 Å². The van der Waals surface area contributed by atoms with E-state index in [4.69, 9.17) is 11.6 Å².